The van der Waals surface area contributed by atoms with Crippen molar-refractivity contribution in [3.8, 4) is 0 Å². The lowest BCUT2D eigenvalue weighted by atomic mass is 11.3. The Kier molecular flexibility index (Phi) is 0.828. The first kappa shape index (κ1) is 4.32. The zero-order chi connectivity index (χ0) is 5.28. The van der Waals surface area contributed by atoms with Gasteiger partial charge in [-0.15, -0.1) is 0 Å². The van der Waals surface area contributed by atoms with Gasteiger partial charge in [0.1, 0.15) is 6.33 Å². The van der Waals surface area contributed by atoms with Gasteiger partial charge in [0.25, 0.3) is 0 Å². The van der Waals surface area contributed by atoms with Crippen molar-refractivity contribution in [2.75, 3.05) is 5.84 Å². The van der Waals surface area contributed by atoms with Gasteiger partial charge in [-0.05, 0) is 12.2 Å². The molecular formula is C2H4N4S. The molecule has 0 radical (unpaired) electrons. The molecule has 1 heterocycles. The van der Waals surface area contributed by atoms with E-state index in [2.05, 4.69) is 22.3 Å². The first-order chi connectivity index (χ1) is 3.30. The van der Waals surface area contributed by atoms with Crippen LogP contribution in [0.25, 0.3) is 0 Å². The highest BCUT2D eigenvalue weighted by Gasteiger charge is 1.78. The Morgan fingerprint density at radius 2 is 2.71 bits per heavy atom. The first-order valence-electron chi connectivity index (χ1n) is 1.68. The van der Waals surface area contributed by atoms with E-state index in [4.69, 9.17) is 5.84 Å². The molecule has 0 aliphatic carbocycles. The molecule has 0 atom stereocenters. The minimum absolute atomic E-state index is 0.361. The molecule has 0 bridgehead atoms. The fraction of sp³-hybridized carbons (Fsp3) is 0. The van der Waals surface area contributed by atoms with Crippen LogP contribution in [0.2, 0.25) is 0 Å². The van der Waals surface area contributed by atoms with Crippen LogP contribution in [0.1, 0.15) is 0 Å². The predicted octanol–water partition coefficient (Wildman–Crippen LogP) is -0.346. The highest BCUT2D eigenvalue weighted by atomic mass is 32.1. The minimum Gasteiger partial charge on any atom is -0.322 e. The SMILES string of the molecule is Nn1[nH]cnc1=S. The molecule has 0 amide bonds. The smallest absolute Gasteiger partial charge is 0.236 e. The van der Waals surface area contributed by atoms with E-state index < -0.39 is 0 Å². The van der Waals surface area contributed by atoms with E-state index in [0.717, 1.165) is 4.79 Å². The quantitative estimate of drug-likeness (QED) is 0.360. The van der Waals surface area contributed by atoms with Crippen LogP contribution in [0.5, 0.6) is 0 Å². The van der Waals surface area contributed by atoms with Crippen molar-refractivity contribution in [1.29, 1.82) is 0 Å². The summed E-state index contributed by atoms with van der Waals surface area (Å²) in [5, 5.41) is 2.55. The number of hydrogen-bond acceptors (Lipinski definition) is 3. The van der Waals surface area contributed by atoms with E-state index in [1.54, 1.807) is 0 Å². The number of nitrogens with two attached hydrogens (primary N) is 1. The number of nitrogen functional groups attached to an aromatic ring is 1. The number of rotatable bonds is 0. The summed E-state index contributed by atoms with van der Waals surface area (Å²) in [5.74, 6) is 5.13. The topological polar surface area (TPSA) is 59.6 Å². The van der Waals surface area contributed by atoms with Gasteiger partial charge in [-0.25, -0.2) is 4.98 Å². The van der Waals surface area contributed by atoms with Gasteiger partial charge in [-0.1, -0.05) is 0 Å². The second-order valence-electron chi connectivity index (χ2n) is 1.04. The summed E-state index contributed by atoms with van der Waals surface area (Å²) in [4.78, 5) is 4.78. The Bertz CT molecular complexity index is 197. The molecule has 5 heteroatoms. The van der Waals surface area contributed by atoms with Gasteiger partial charge in [0.05, 0.1) is 0 Å². The fourth-order valence-corrected chi connectivity index (χ4v) is 0.369. The zero-order valence-corrected chi connectivity index (χ0v) is 4.27. The predicted molar refractivity (Wildman–Crippen MR) is 27.6 cm³/mol. The lowest BCUT2D eigenvalue weighted by Gasteiger charge is -1.81. The summed E-state index contributed by atoms with van der Waals surface area (Å²) in [6.07, 6.45) is 1.43. The fourth-order valence-electron chi connectivity index (χ4n) is 0.264. The van der Waals surface area contributed by atoms with Crippen LogP contribution < -0.4 is 5.84 Å². The molecule has 0 aliphatic rings. The third-order valence-electron chi connectivity index (χ3n) is 0.578. The van der Waals surface area contributed by atoms with Gasteiger partial charge in [0, 0.05) is 0 Å². The molecule has 4 nitrogen and oxygen atoms in total. The molecule has 1 rings (SSSR count). The molecule has 0 aromatic carbocycles. The van der Waals surface area contributed by atoms with Crippen LogP contribution in [0.4, 0.5) is 0 Å². The van der Waals surface area contributed by atoms with Gasteiger partial charge >= 0.3 is 0 Å². The van der Waals surface area contributed by atoms with E-state index in [1.807, 2.05) is 0 Å². The lowest BCUT2D eigenvalue weighted by Crippen LogP contribution is -2.09. The van der Waals surface area contributed by atoms with Crippen LogP contribution in [0.15, 0.2) is 6.33 Å². The molecule has 1 aromatic heterocycles. The number of nitrogens with zero attached hydrogens (tertiary/aromatic N) is 2. The Morgan fingerprint density at radius 1 is 2.00 bits per heavy atom. The van der Waals surface area contributed by atoms with Crippen molar-refractivity contribution in [2.45, 2.75) is 0 Å². The van der Waals surface area contributed by atoms with Gasteiger partial charge in [0.15, 0.2) is 0 Å². The molecule has 0 saturated heterocycles. The second kappa shape index (κ2) is 1.34. The molecule has 38 valence electrons. The molecular weight excluding hydrogens is 112 g/mol. The third-order valence-corrected chi connectivity index (χ3v) is 0.880. The van der Waals surface area contributed by atoms with Gasteiger partial charge in [-0.3, -0.25) is 5.10 Å². The summed E-state index contributed by atoms with van der Waals surface area (Å²) in [6, 6.07) is 0. The summed E-state index contributed by atoms with van der Waals surface area (Å²) in [6.45, 7) is 0. The molecule has 3 N–H and O–H groups in total. The van der Waals surface area contributed by atoms with Gasteiger partial charge < -0.3 is 5.84 Å². The first-order valence-corrected chi connectivity index (χ1v) is 2.09. The minimum atomic E-state index is 0.361. The zero-order valence-electron chi connectivity index (χ0n) is 3.46. The number of H-pyrrole nitrogens is 1. The van der Waals surface area contributed by atoms with Crippen molar-refractivity contribution in [2.24, 2.45) is 0 Å². The highest BCUT2D eigenvalue weighted by Crippen LogP contribution is 1.72. The third kappa shape index (κ3) is 0.614. The number of nitrogens with one attached hydrogen (secondary N) is 1. The van der Waals surface area contributed by atoms with Crippen molar-refractivity contribution < 1.29 is 0 Å². The Balaban J connectivity index is 3.39. The maximum atomic E-state index is 5.13. The van der Waals surface area contributed by atoms with Crippen molar-refractivity contribution in [3.05, 3.63) is 11.1 Å². The largest absolute Gasteiger partial charge is 0.322 e. The maximum Gasteiger partial charge on any atom is 0.236 e. The van der Waals surface area contributed by atoms with Crippen molar-refractivity contribution >= 4 is 12.2 Å². The Hall–Kier alpha value is -0.840. The molecule has 1 aromatic rings. The normalized spacial score (nSPS) is 9.14. The number of hydrogen-bond donors (Lipinski definition) is 2. The van der Waals surface area contributed by atoms with E-state index in [-0.39, 0.29) is 0 Å². The van der Waals surface area contributed by atoms with Gasteiger partial charge in [-0.2, -0.15) is 4.79 Å². The van der Waals surface area contributed by atoms with E-state index in [0.29, 0.717) is 4.77 Å². The second-order valence-corrected chi connectivity index (χ2v) is 1.41. The highest BCUT2D eigenvalue weighted by molar-refractivity contribution is 7.71. The molecule has 0 aliphatic heterocycles. The summed E-state index contributed by atoms with van der Waals surface area (Å²) in [7, 11) is 0. The molecule has 0 saturated carbocycles. The average Bonchev–Trinajstić information content (AvgIpc) is 1.91. The average molecular weight is 116 g/mol. The van der Waals surface area contributed by atoms with Crippen LogP contribution >= 0.6 is 12.2 Å². The molecule has 0 unspecified atom stereocenters. The summed E-state index contributed by atoms with van der Waals surface area (Å²) >= 11 is 4.58. The number of aromatic amines is 1. The van der Waals surface area contributed by atoms with E-state index in [9.17, 15) is 0 Å². The van der Waals surface area contributed by atoms with Crippen LogP contribution in [-0.2, 0) is 0 Å². The standard InChI is InChI=1S/C2H4N4S/c3-6-2(7)4-1-5-6/h1H,3H2,(H,4,5,7). The Labute approximate surface area is 44.9 Å². The van der Waals surface area contributed by atoms with E-state index in [1.165, 1.54) is 6.33 Å². The van der Waals surface area contributed by atoms with E-state index >= 15 is 0 Å². The van der Waals surface area contributed by atoms with Crippen molar-refractivity contribution in [3.63, 3.8) is 0 Å². The summed E-state index contributed by atoms with van der Waals surface area (Å²) in [5.41, 5.74) is 0. The monoisotopic (exact) mass is 116 g/mol. The summed E-state index contributed by atoms with van der Waals surface area (Å²) < 4.78 is 0.361. The molecule has 0 spiro atoms. The molecule has 7 heavy (non-hydrogen) atoms. The maximum absolute atomic E-state index is 5.13. The van der Waals surface area contributed by atoms with Crippen LogP contribution in [-0.4, -0.2) is 14.9 Å². The van der Waals surface area contributed by atoms with Crippen molar-refractivity contribution in [1.82, 2.24) is 14.9 Å². The molecule has 0 fully saturated rings. The van der Waals surface area contributed by atoms with Gasteiger partial charge in [0.2, 0.25) is 4.77 Å². The van der Waals surface area contributed by atoms with Crippen LogP contribution in [0.3, 0.4) is 0 Å². The van der Waals surface area contributed by atoms with Crippen LogP contribution in [0, 0.1) is 4.77 Å². The Morgan fingerprint density at radius 3 is 2.86 bits per heavy atom. The number of aromatic nitrogens is 3. The lowest BCUT2D eigenvalue weighted by molar-refractivity contribution is 0.817.